The van der Waals surface area contributed by atoms with Crippen LogP contribution in [0.5, 0.6) is 0 Å². The molecular weight excluding hydrogens is 204 g/mol. The third-order valence-corrected chi connectivity index (χ3v) is 2.00. The van der Waals surface area contributed by atoms with E-state index in [-0.39, 0.29) is 5.97 Å². The molecule has 86 valence electrons. The molecule has 0 aromatic heterocycles. The van der Waals surface area contributed by atoms with Gasteiger partial charge in [0.15, 0.2) is 0 Å². The molecule has 0 atom stereocenters. The molecule has 4 heteroatoms. The molecule has 0 aliphatic carbocycles. The minimum atomic E-state index is -0.384. The topological polar surface area (TPSA) is 41.9 Å². The van der Waals surface area contributed by atoms with E-state index >= 15 is 0 Å². The molecule has 0 aliphatic rings. The van der Waals surface area contributed by atoms with Crippen LogP contribution in [0.4, 0.5) is 5.69 Å². The molecule has 0 unspecified atom stereocenters. The lowest BCUT2D eigenvalue weighted by Gasteiger charge is -2.13. The van der Waals surface area contributed by atoms with E-state index in [4.69, 9.17) is 4.74 Å². The van der Waals surface area contributed by atoms with Crippen molar-refractivity contribution in [1.82, 2.24) is 0 Å². The number of hydrogen-bond acceptors (Lipinski definition) is 4. The summed E-state index contributed by atoms with van der Waals surface area (Å²) in [4.78, 5) is 11.3. The van der Waals surface area contributed by atoms with Gasteiger partial charge in [-0.15, -0.1) is 0 Å². The smallest absolute Gasteiger partial charge is 0.354 e. The summed E-state index contributed by atoms with van der Waals surface area (Å²) in [5.74, 6) is -0.384. The fourth-order valence-corrected chi connectivity index (χ4v) is 1.20. The van der Waals surface area contributed by atoms with Gasteiger partial charge in [-0.05, 0) is 26.0 Å². The molecular formula is C12H16N2O2. The Kier molecular flexibility index (Phi) is 4.51. The Hall–Kier alpha value is -1.84. The van der Waals surface area contributed by atoms with Crippen molar-refractivity contribution in [2.24, 2.45) is 5.10 Å². The highest BCUT2D eigenvalue weighted by Gasteiger charge is 2.07. The van der Waals surface area contributed by atoms with Gasteiger partial charge in [0.1, 0.15) is 5.71 Å². The minimum Gasteiger partial charge on any atom is -0.461 e. The SMILES string of the molecule is CCOC(=O)/C(C)=N/N(C)c1ccccc1. The van der Waals surface area contributed by atoms with Gasteiger partial charge >= 0.3 is 5.97 Å². The summed E-state index contributed by atoms with van der Waals surface area (Å²) in [7, 11) is 1.79. The highest BCUT2D eigenvalue weighted by atomic mass is 16.5. The maximum Gasteiger partial charge on any atom is 0.354 e. The predicted octanol–water partition coefficient (Wildman–Crippen LogP) is 2.06. The van der Waals surface area contributed by atoms with Crippen molar-refractivity contribution in [1.29, 1.82) is 0 Å². The van der Waals surface area contributed by atoms with Crippen LogP contribution in [-0.4, -0.2) is 25.3 Å². The van der Waals surface area contributed by atoms with Gasteiger partial charge in [0, 0.05) is 7.05 Å². The number of hydrogen-bond donors (Lipinski definition) is 0. The van der Waals surface area contributed by atoms with Crippen molar-refractivity contribution in [2.75, 3.05) is 18.7 Å². The van der Waals surface area contributed by atoms with E-state index in [1.54, 1.807) is 25.9 Å². The molecule has 0 heterocycles. The lowest BCUT2D eigenvalue weighted by Crippen LogP contribution is -2.19. The Morgan fingerprint density at radius 3 is 2.56 bits per heavy atom. The van der Waals surface area contributed by atoms with E-state index in [1.807, 2.05) is 30.3 Å². The fourth-order valence-electron chi connectivity index (χ4n) is 1.20. The third kappa shape index (κ3) is 3.38. The first-order chi connectivity index (χ1) is 7.65. The number of nitrogens with zero attached hydrogens (tertiary/aromatic N) is 2. The van der Waals surface area contributed by atoms with E-state index < -0.39 is 0 Å². The zero-order valence-corrected chi connectivity index (χ0v) is 9.80. The number of carbonyl (C=O) groups is 1. The molecule has 0 bridgehead atoms. The Balaban J connectivity index is 2.73. The van der Waals surface area contributed by atoms with Gasteiger partial charge < -0.3 is 4.74 Å². The summed E-state index contributed by atoms with van der Waals surface area (Å²) >= 11 is 0. The standard InChI is InChI=1S/C12H16N2O2/c1-4-16-12(15)10(2)13-14(3)11-8-6-5-7-9-11/h5-9H,4H2,1-3H3/b13-10+. The maximum absolute atomic E-state index is 11.3. The highest BCUT2D eigenvalue weighted by molar-refractivity contribution is 6.35. The van der Waals surface area contributed by atoms with Gasteiger partial charge in [-0.3, -0.25) is 5.01 Å². The zero-order valence-electron chi connectivity index (χ0n) is 9.80. The highest BCUT2D eigenvalue weighted by Crippen LogP contribution is 2.11. The van der Waals surface area contributed by atoms with Gasteiger partial charge in [0.05, 0.1) is 12.3 Å². The van der Waals surface area contributed by atoms with Crippen LogP contribution in [0.15, 0.2) is 35.4 Å². The summed E-state index contributed by atoms with van der Waals surface area (Å²) in [6.45, 7) is 3.77. The lowest BCUT2D eigenvalue weighted by molar-refractivity contribution is -0.135. The summed E-state index contributed by atoms with van der Waals surface area (Å²) in [5, 5.41) is 5.79. The monoisotopic (exact) mass is 220 g/mol. The normalized spacial score (nSPS) is 11.1. The fraction of sp³-hybridized carbons (Fsp3) is 0.333. The second-order valence-corrected chi connectivity index (χ2v) is 3.27. The molecule has 0 saturated heterocycles. The van der Waals surface area contributed by atoms with Crippen molar-refractivity contribution >= 4 is 17.4 Å². The molecule has 0 saturated carbocycles. The second kappa shape index (κ2) is 5.90. The van der Waals surface area contributed by atoms with Crippen molar-refractivity contribution in [3.63, 3.8) is 0 Å². The van der Waals surface area contributed by atoms with Crippen LogP contribution in [0.25, 0.3) is 0 Å². The van der Waals surface area contributed by atoms with Gasteiger partial charge in [-0.2, -0.15) is 5.10 Å². The first-order valence-electron chi connectivity index (χ1n) is 5.16. The summed E-state index contributed by atoms with van der Waals surface area (Å²) in [6.07, 6.45) is 0. The van der Waals surface area contributed by atoms with E-state index in [1.165, 1.54) is 0 Å². The van der Waals surface area contributed by atoms with Crippen LogP contribution >= 0.6 is 0 Å². The second-order valence-electron chi connectivity index (χ2n) is 3.27. The van der Waals surface area contributed by atoms with Gasteiger partial charge in [-0.1, -0.05) is 18.2 Å². The number of hydrazone groups is 1. The Labute approximate surface area is 95.5 Å². The van der Waals surface area contributed by atoms with Crippen LogP contribution in [-0.2, 0) is 9.53 Å². The lowest BCUT2D eigenvalue weighted by atomic mass is 10.3. The van der Waals surface area contributed by atoms with Gasteiger partial charge in [-0.25, -0.2) is 4.79 Å². The van der Waals surface area contributed by atoms with Crippen LogP contribution in [0, 0.1) is 0 Å². The summed E-state index contributed by atoms with van der Waals surface area (Å²) in [6, 6.07) is 9.60. The van der Waals surface area contributed by atoms with Crippen LogP contribution < -0.4 is 5.01 Å². The molecule has 0 spiro atoms. The van der Waals surface area contributed by atoms with Crippen molar-refractivity contribution in [3.05, 3.63) is 30.3 Å². The van der Waals surface area contributed by atoms with E-state index in [0.717, 1.165) is 5.69 Å². The molecule has 0 amide bonds. The largest absolute Gasteiger partial charge is 0.461 e. The number of benzene rings is 1. The Morgan fingerprint density at radius 1 is 1.38 bits per heavy atom. The van der Waals surface area contributed by atoms with Crippen LogP contribution in [0.3, 0.4) is 0 Å². The Morgan fingerprint density at radius 2 is 2.00 bits per heavy atom. The number of esters is 1. The Bertz CT molecular complexity index is 374. The average molecular weight is 220 g/mol. The summed E-state index contributed by atoms with van der Waals surface area (Å²) < 4.78 is 4.84. The van der Waals surface area contributed by atoms with E-state index in [9.17, 15) is 4.79 Å². The van der Waals surface area contributed by atoms with E-state index in [2.05, 4.69) is 5.10 Å². The molecule has 1 aromatic carbocycles. The molecule has 0 aliphatic heterocycles. The summed E-state index contributed by atoms with van der Waals surface area (Å²) in [5.41, 5.74) is 1.26. The maximum atomic E-state index is 11.3. The molecule has 0 radical (unpaired) electrons. The third-order valence-electron chi connectivity index (χ3n) is 2.00. The van der Waals surface area contributed by atoms with Crippen molar-refractivity contribution in [3.8, 4) is 0 Å². The molecule has 0 fully saturated rings. The zero-order chi connectivity index (χ0) is 12.0. The molecule has 1 rings (SSSR count). The van der Waals surface area contributed by atoms with Crippen molar-refractivity contribution in [2.45, 2.75) is 13.8 Å². The minimum absolute atomic E-state index is 0.341. The van der Waals surface area contributed by atoms with Gasteiger partial charge in [0.2, 0.25) is 0 Å². The predicted molar refractivity (Wildman–Crippen MR) is 64.6 cm³/mol. The number of anilines is 1. The first kappa shape index (κ1) is 12.2. The average Bonchev–Trinajstić information content (AvgIpc) is 2.30. The van der Waals surface area contributed by atoms with Crippen molar-refractivity contribution < 1.29 is 9.53 Å². The number of ether oxygens (including phenoxy) is 1. The van der Waals surface area contributed by atoms with Crippen LogP contribution in [0.1, 0.15) is 13.8 Å². The number of carbonyl (C=O) groups excluding carboxylic acids is 1. The number of para-hydroxylation sites is 1. The first-order valence-corrected chi connectivity index (χ1v) is 5.16. The molecule has 16 heavy (non-hydrogen) atoms. The quantitative estimate of drug-likeness (QED) is 0.443. The molecule has 4 nitrogen and oxygen atoms in total. The van der Waals surface area contributed by atoms with Gasteiger partial charge in [0.25, 0.3) is 0 Å². The molecule has 0 N–H and O–H groups in total. The van der Waals surface area contributed by atoms with E-state index in [0.29, 0.717) is 12.3 Å². The molecule has 1 aromatic rings. The van der Waals surface area contributed by atoms with Crippen LogP contribution in [0.2, 0.25) is 0 Å². The number of rotatable bonds is 4.